The van der Waals surface area contributed by atoms with E-state index < -0.39 is 5.82 Å². The third-order valence-corrected chi connectivity index (χ3v) is 3.16. The minimum Gasteiger partial charge on any atom is -0.485 e. The van der Waals surface area contributed by atoms with Crippen molar-refractivity contribution in [1.82, 2.24) is 5.48 Å². The lowest BCUT2D eigenvalue weighted by atomic mass is 10.2. The summed E-state index contributed by atoms with van der Waals surface area (Å²) in [6, 6.07) is 12.6. The van der Waals surface area contributed by atoms with E-state index in [4.69, 9.17) is 9.94 Å². The van der Waals surface area contributed by atoms with Crippen LogP contribution in [0, 0.1) is 5.82 Å². The molecule has 0 aliphatic heterocycles. The van der Waals surface area contributed by atoms with Crippen molar-refractivity contribution in [2.45, 2.75) is 13.2 Å². The van der Waals surface area contributed by atoms with Crippen molar-refractivity contribution in [3.05, 3.63) is 63.9 Å². The number of hydrogen-bond donors (Lipinski definition) is 2. The first-order valence-electron chi connectivity index (χ1n) is 5.72. The monoisotopic (exact) mass is 325 g/mol. The van der Waals surface area contributed by atoms with Crippen molar-refractivity contribution in [2.24, 2.45) is 0 Å². The van der Waals surface area contributed by atoms with Crippen LogP contribution in [0.25, 0.3) is 0 Å². The molecular weight excluding hydrogens is 313 g/mol. The number of rotatable bonds is 5. The lowest BCUT2D eigenvalue weighted by Gasteiger charge is -2.11. The normalized spacial score (nSPS) is 10.5. The molecular formula is C14H13BrFNO2. The molecule has 0 unspecified atom stereocenters. The highest BCUT2D eigenvalue weighted by Crippen LogP contribution is 2.30. The number of halogens is 2. The molecule has 0 aliphatic rings. The summed E-state index contributed by atoms with van der Waals surface area (Å²) in [5, 5.41) is 8.60. The molecule has 0 saturated carbocycles. The first-order valence-corrected chi connectivity index (χ1v) is 6.51. The van der Waals surface area contributed by atoms with Crippen molar-refractivity contribution in [1.29, 1.82) is 0 Å². The molecule has 3 nitrogen and oxygen atoms in total. The van der Waals surface area contributed by atoms with E-state index in [2.05, 4.69) is 15.9 Å². The van der Waals surface area contributed by atoms with Gasteiger partial charge in [0.15, 0.2) is 11.6 Å². The van der Waals surface area contributed by atoms with Gasteiger partial charge in [0.1, 0.15) is 6.61 Å². The molecule has 0 radical (unpaired) electrons. The molecule has 100 valence electrons. The van der Waals surface area contributed by atoms with E-state index in [1.54, 1.807) is 6.07 Å². The van der Waals surface area contributed by atoms with Crippen LogP contribution in [0.5, 0.6) is 5.75 Å². The highest BCUT2D eigenvalue weighted by molar-refractivity contribution is 9.10. The lowest BCUT2D eigenvalue weighted by Crippen LogP contribution is -2.07. The Kier molecular flexibility index (Phi) is 4.90. The molecule has 0 aromatic heterocycles. The molecule has 2 rings (SSSR count). The van der Waals surface area contributed by atoms with Crippen molar-refractivity contribution in [3.8, 4) is 5.75 Å². The Morgan fingerprint density at radius 3 is 2.53 bits per heavy atom. The number of nitrogens with one attached hydrogen (secondary N) is 1. The van der Waals surface area contributed by atoms with Gasteiger partial charge in [-0.15, -0.1) is 0 Å². The average Bonchev–Trinajstić information content (AvgIpc) is 2.39. The first kappa shape index (κ1) is 14.0. The predicted octanol–water partition coefficient (Wildman–Crippen LogP) is 3.65. The maximum Gasteiger partial charge on any atom is 0.169 e. The van der Waals surface area contributed by atoms with Crippen molar-refractivity contribution in [2.75, 3.05) is 0 Å². The first-order chi connectivity index (χ1) is 9.20. The largest absolute Gasteiger partial charge is 0.485 e. The Bertz CT molecular complexity index is 525. The second-order valence-electron chi connectivity index (χ2n) is 4.00. The fourth-order valence-corrected chi connectivity index (χ4v) is 2.27. The molecule has 0 atom stereocenters. The van der Waals surface area contributed by atoms with Gasteiger partial charge in [0, 0.05) is 6.54 Å². The van der Waals surface area contributed by atoms with Crippen LogP contribution in [0.4, 0.5) is 4.39 Å². The maximum absolute atomic E-state index is 13.9. The summed E-state index contributed by atoms with van der Waals surface area (Å²) in [6.45, 7) is 0.475. The third kappa shape index (κ3) is 3.76. The molecule has 19 heavy (non-hydrogen) atoms. The molecule has 2 aromatic rings. The third-order valence-electron chi connectivity index (χ3n) is 2.57. The quantitative estimate of drug-likeness (QED) is 0.824. The SMILES string of the molecule is ONCc1cc(F)c(OCc2ccccc2)c(Br)c1. The van der Waals surface area contributed by atoms with Gasteiger partial charge in [0.25, 0.3) is 0 Å². The molecule has 0 saturated heterocycles. The lowest BCUT2D eigenvalue weighted by molar-refractivity contribution is 0.161. The van der Waals surface area contributed by atoms with Gasteiger partial charge in [-0.2, -0.15) is 0 Å². The highest BCUT2D eigenvalue weighted by atomic mass is 79.9. The van der Waals surface area contributed by atoms with Crippen LogP contribution < -0.4 is 10.2 Å². The Balaban J connectivity index is 2.12. The average molecular weight is 326 g/mol. The van der Waals surface area contributed by atoms with Crippen molar-refractivity contribution in [3.63, 3.8) is 0 Å². The van der Waals surface area contributed by atoms with Crippen molar-refractivity contribution >= 4 is 15.9 Å². The fourth-order valence-electron chi connectivity index (χ4n) is 1.67. The molecule has 0 amide bonds. The topological polar surface area (TPSA) is 41.5 Å². The molecule has 0 fully saturated rings. The van der Waals surface area contributed by atoms with Crippen LogP contribution in [0.3, 0.4) is 0 Å². The van der Waals surface area contributed by atoms with Gasteiger partial charge in [-0.3, -0.25) is 0 Å². The maximum atomic E-state index is 13.9. The molecule has 2 aromatic carbocycles. The molecule has 0 heterocycles. The van der Waals surface area contributed by atoms with Gasteiger partial charge in [0.2, 0.25) is 0 Å². The molecule has 0 bridgehead atoms. The Morgan fingerprint density at radius 2 is 1.89 bits per heavy atom. The smallest absolute Gasteiger partial charge is 0.169 e. The number of benzene rings is 2. The minimum atomic E-state index is -0.462. The number of hydrogen-bond acceptors (Lipinski definition) is 3. The van der Waals surface area contributed by atoms with E-state index in [0.29, 0.717) is 16.6 Å². The van der Waals surface area contributed by atoms with Crippen LogP contribution >= 0.6 is 15.9 Å². The Morgan fingerprint density at radius 1 is 1.16 bits per heavy atom. The minimum absolute atomic E-state index is 0.172. The zero-order valence-electron chi connectivity index (χ0n) is 10.1. The van der Waals surface area contributed by atoms with E-state index in [9.17, 15) is 4.39 Å². The van der Waals surface area contributed by atoms with E-state index in [1.165, 1.54) is 6.07 Å². The van der Waals surface area contributed by atoms with Crippen LogP contribution in [-0.4, -0.2) is 5.21 Å². The summed E-state index contributed by atoms with van der Waals surface area (Å²) in [7, 11) is 0. The zero-order chi connectivity index (χ0) is 13.7. The zero-order valence-corrected chi connectivity index (χ0v) is 11.7. The van der Waals surface area contributed by atoms with Crippen LogP contribution in [-0.2, 0) is 13.2 Å². The fraction of sp³-hybridized carbons (Fsp3) is 0.143. The van der Waals surface area contributed by atoms with Gasteiger partial charge in [-0.1, -0.05) is 30.3 Å². The standard InChI is InChI=1S/C14H13BrFNO2/c15-12-6-11(8-17-18)7-13(16)14(12)19-9-10-4-2-1-3-5-10/h1-7,17-18H,8-9H2. The molecule has 5 heteroatoms. The van der Waals surface area contributed by atoms with Crippen LogP contribution in [0.15, 0.2) is 46.9 Å². The van der Waals surface area contributed by atoms with Gasteiger partial charge >= 0.3 is 0 Å². The second kappa shape index (κ2) is 6.65. The van der Waals surface area contributed by atoms with E-state index in [1.807, 2.05) is 35.8 Å². The summed E-state index contributed by atoms with van der Waals surface area (Å²) < 4.78 is 19.9. The molecule has 0 spiro atoms. The van der Waals surface area contributed by atoms with Crippen molar-refractivity contribution < 1.29 is 14.3 Å². The molecule has 0 aliphatic carbocycles. The Hall–Kier alpha value is -1.43. The summed E-state index contributed by atoms with van der Waals surface area (Å²) in [6.07, 6.45) is 0. The van der Waals surface area contributed by atoms with E-state index in [-0.39, 0.29) is 12.3 Å². The van der Waals surface area contributed by atoms with Gasteiger partial charge in [-0.05, 0) is 39.2 Å². The van der Waals surface area contributed by atoms with Crippen LogP contribution in [0.1, 0.15) is 11.1 Å². The van der Waals surface area contributed by atoms with Gasteiger partial charge < -0.3 is 9.94 Å². The van der Waals surface area contributed by atoms with Crippen LogP contribution in [0.2, 0.25) is 0 Å². The summed E-state index contributed by atoms with van der Waals surface area (Å²) in [5.74, 6) is -0.291. The van der Waals surface area contributed by atoms with Gasteiger partial charge in [-0.25, -0.2) is 9.87 Å². The summed E-state index contributed by atoms with van der Waals surface area (Å²) >= 11 is 3.27. The number of ether oxygens (including phenoxy) is 1. The second-order valence-corrected chi connectivity index (χ2v) is 4.85. The summed E-state index contributed by atoms with van der Waals surface area (Å²) in [5.41, 5.74) is 3.58. The van der Waals surface area contributed by atoms with E-state index in [0.717, 1.165) is 5.56 Å². The summed E-state index contributed by atoms with van der Waals surface area (Å²) in [4.78, 5) is 0. The number of hydroxylamine groups is 1. The predicted molar refractivity (Wildman–Crippen MR) is 73.5 cm³/mol. The van der Waals surface area contributed by atoms with Gasteiger partial charge in [0.05, 0.1) is 4.47 Å². The molecule has 2 N–H and O–H groups in total. The van der Waals surface area contributed by atoms with E-state index >= 15 is 0 Å². The Labute approximate surface area is 119 Å². The highest BCUT2D eigenvalue weighted by Gasteiger charge is 2.11.